The molecule has 0 saturated carbocycles. The molecule has 1 aromatic heterocycles. The van der Waals surface area contributed by atoms with Gasteiger partial charge in [0, 0.05) is 31.1 Å². The third kappa shape index (κ3) is 3.68. The number of rotatable bonds is 5. The molecule has 0 radical (unpaired) electrons. The van der Waals surface area contributed by atoms with E-state index in [0.29, 0.717) is 12.6 Å². The van der Waals surface area contributed by atoms with Crippen molar-refractivity contribution in [3.05, 3.63) is 10.6 Å². The topological polar surface area (TPSA) is 37.4 Å². The van der Waals surface area contributed by atoms with Gasteiger partial charge in [-0.25, -0.2) is 4.98 Å². The molecule has 2 heterocycles. The number of anilines is 1. The maximum atomic E-state index is 5.26. The number of aromatic nitrogens is 1. The van der Waals surface area contributed by atoms with E-state index in [1.54, 1.807) is 7.11 Å². The normalized spacial score (nSPS) is 20.6. The molecule has 0 aliphatic carbocycles. The molecule has 19 heavy (non-hydrogen) atoms. The molecule has 1 aromatic rings. The lowest BCUT2D eigenvalue weighted by molar-refractivity contribution is 0.181. The highest BCUT2D eigenvalue weighted by molar-refractivity contribution is 7.15. The molecule has 1 atom stereocenters. The quantitative estimate of drug-likeness (QED) is 0.901. The third-order valence-corrected chi connectivity index (χ3v) is 4.82. The number of thiazole rings is 1. The van der Waals surface area contributed by atoms with E-state index in [9.17, 15) is 0 Å². The molecule has 1 N–H and O–H groups in total. The maximum Gasteiger partial charge on any atom is 0.186 e. The van der Waals surface area contributed by atoms with E-state index in [1.807, 2.05) is 18.4 Å². The summed E-state index contributed by atoms with van der Waals surface area (Å²) in [5.74, 6) is 0. The van der Waals surface area contributed by atoms with E-state index >= 15 is 0 Å². The van der Waals surface area contributed by atoms with Crippen LogP contribution < -0.4 is 10.2 Å². The Labute approximate surface area is 120 Å². The predicted molar refractivity (Wildman–Crippen MR) is 80.9 cm³/mol. The number of methoxy groups -OCH3 is 1. The maximum absolute atomic E-state index is 5.26. The van der Waals surface area contributed by atoms with Gasteiger partial charge in [-0.05, 0) is 26.8 Å². The van der Waals surface area contributed by atoms with Crippen molar-refractivity contribution in [2.24, 2.45) is 0 Å². The highest BCUT2D eigenvalue weighted by atomic mass is 32.1. The van der Waals surface area contributed by atoms with Crippen LogP contribution in [0.4, 0.5) is 5.13 Å². The van der Waals surface area contributed by atoms with Crippen LogP contribution >= 0.6 is 11.3 Å². The molecule has 108 valence electrons. The van der Waals surface area contributed by atoms with Crippen molar-refractivity contribution in [2.75, 3.05) is 25.6 Å². The summed E-state index contributed by atoms with van der Waals surface area (Å²) in [5.41, 5.74) is 1.09. The van der Waals surface area contributed by atoms with Gasteiger partial charge < -0.3 is 15.0 Å². The molecule has 4 nitrogen and oxygen atoms in total. The predicted octanol–water partition coefficient (Wildman–Crippen LogP) is 2.78. The second-order valence-electron chi connectivity index (χ2n) is 5.22. The minimum atomic E-state index is 0.603. The summed E-state index contributed by atoms with van der Waals surface area (Å²) in [6, 6.07) is 0.603. The number of hydrogen-bond acceptors (Lipinski definition) is 5. The third-order valence-electron chi connectivity index (χ3n) is 3.68. The second-order valence-corrected chi connectivity index (χ2v) is 6.28. The second kappa shape index (κ2) is 7.22. The highest BCUT2D eigenvalue weighted by Gasteiger charge is 2.21. The summed E-state index contributed by atoms with van der Waals surface area (Å²) < 4.78 is 5.26. The van der Waals surface area contributed by atoms with Crippen molar-refractivity contribution in [2.45, 2.75) is 51.8 Å². The van der Waals surface area contributed by atoms with Crippen molar-refractivity contribution in [3.8, 4) is 0 Å². The molecule has 1 saturated heterocycles. The molecular formula is C14H25N3OS. The van der Waals surface area contributed by atoms with E-state index in [-0.39, 0.29) is 0 Å². The molecule has 1 unspecified atom stereocenters. The molecule has 1 aliphatic rings. The molecule has 1 fully saturated rings. The zero-order valence-corrected chi connectivity index (χ0v) is 13.1. The van der Waals surface area contributed by atoms with E-state index < -0.39 is 0 Å². The Balaban J connectivity index is 2.20. The Morgan fingerprint density at radius 3 is 3.00 bits per heavy atom. The average Bonchev–Trinajstić information content (AvgIpc) is 2.64. The minimum Gasteiger partial charge on any atom is -0.378 e. The van der Waals surface area contributed by atoms with Crippen molar-refractivity contribution in [1.29, 1.82) is 0 Å². The summed E-state index contributed by atoms with van der Waals surface area (Å²) >= 11 is 1.82. The van der Waals surface area contributed by atoms with Crippen LogP contribution in [0.1, 0.15) is 43.2 Å². The van der Waals surface area contributed by atoms with Crippen LogP contribution in [0.2, 0.25) is 0 Å². The van der Waals surface area contributed by atoms with Crippen LogP contribution in [0.5, 0.6) is 0 Å². The first-order valence-corrected chi connectivity index (χ1v) is 7.96. The summed E-state index contributed by atoms with van der Waals surface area (Å²) in [4.78, 5) is 8.60. The molecule has 2 rings (SSSR count). The van der Waals surface area contributed by atoms with Crippen molar-refractivity contribution in [3.63, 3.8) is 0 Å². The van der Waals surface area contributed by atoms with Crippen LogP contribution in [-0.4, -0.2) is 31.7 Å². The van der Waals surface area contributed by atoms with Gasteiger partial charge in [0.1, 0.15) is 0 Å². The van der Waals surface area contributed by atoms with Gasteiger partial charge >= 0.3 is 0 Å². The lowest BCUT2D eigenvalue weighted by atomic mass is 10.1. The van der Waals surface area contributed by atoms with Gasteiger partial charge in [0.25, 0.3) is 0 Å². The van der Waals surface area contributed by atoms with Crippen molar-refractivity contribution in [1.82, 2.24) is 10.3 Å². The van der Waals surface area contributed by atoms with Crippen LogP contribution in [0.25, 0.3) is 0 Å². The lowest BCUT2D eigenvalue weighted by Crippen LogP contribution is -2.32. The summed E-state index contributed by atoms with van der Waals surface area (Å²) in [5, 5.41) is 4.39. The number of ether oxygens (including phenoxy) is 1. The van der Waals surface area contributed by atoms with Crippen LogP contribution in [0.3, 0.4) is 0 Å². The molecule has 0 bridgehead atoms. The van der Waals surface area contributed by atoms with Crippen molar-refractivity contribution < 1.29 is 4.74 Å². The molecule has 1 aliphatic heterocycles. The Hall–Kier alpha value is -0.650. The number of nitrogens with one attached hydrogen (secondary N) is 1. The van der Waals surface area contributed by atoms with E-state index in [0.717, 1.165) is 18.8 Å². The first-order valence-electron chi connectivity index (χ1n) is 7.15. The molecular weight excluding hydrogens is 258 g/mol. The SMILES string of the molecule is CNCc1sc(N2CCCCCC2C)nc1COC. The summed E-state index contributed by atoms with van der Waals surface area (Å²) in [7, 11) is 3.71. The van der Waals surface area contributed by atoms with Crippen LogP contribution in [0, 0.1) is 0 Å². The Morgan fingerprint density at radius 1 is 1.42 bits per heavy atom. The summed E-state index contributed by atoms with van der Waals surface area (Å²) in [6.07, 6.45) is 5.25. The van der Waals surface area contributed by atoms with Crippen molar-refractivity contribution >= 4 is 16.5 Å². The fourth-order valence-electron chi connectivity index (χ4n) is 2.60. The van der Waals surface area contributed by atoms with Gasteiger partial charge in [-0.3, -0.25) is 0 Å². The van der Waals surface area contributed by atoms with Crippen LogP contribution in [-0.2, 0) is 17.9 Å². The van der Waals surface area contributed by atoms with Gasteiger partial charge in [0.2, 0.25) is 0 Å². The zero-order chi connectivity index (χ0) is 13.7. The van der Waals surface area contributed by atoms with E-state index in [2.05, 4.69) is 17.1 Å². The van der Waals surface area contributed by atoms with Gasteiger partial charge in [-0.1, -0.05) is 12.8 Å². The first kappa shape index (κ1) is 14.8. The average molecular weight is 283 g/mol. The smallest absolute Gasteiger partial charge is 0.186 e. The Bertz CT molecular complexity index is 371. The fraction of sp³-hybridized carbons (Fsp3) is 0.786. The van der Waals surface area contributed by atoms with Gasteiger partial charge in [0.15, 0.2) is 5.13 Å². The lowest BCUT2D eigenvalue weighted by Gasteiger charge is -2.26. The molecule has 5 heteroatoms. The van der Waals surface area contributed by atoms with E-state index in [4.69, 9.17) is 9.72 Å². The largest absolute Gasteiger partial charge is 0.378 e. The number of hydrogen-bond donors (Lipinski definition) is 1. The highest BCUT2D eigenvalue weighted by Crippen LogP contribution is 2.31. The monoisotopic (exact) mass is 283 g/mol. The zero-order valence-electron chi connectivity index (χ0n) is 12.2. The van der Waals surface area contributed by atoms with E-state index in [1.165, 1.54) is 35.7 Å². The molecule has 0 amide bonds. The van der Waals surface area contributed by atoms with Gasteiger partial charge in [0.05, 0.1) is 12.3 Å². The minimum absolute atomic E-state index is 0.603. The molecule has 0 aromatic carbocycles. The Morgan fingerprint density at radius 2 is 2.26 bits per heavy atom. The van der Waals surface area contributed by atoms with Gasteiger partial charge in [-0.2, -0.15) is 0 Å². The molecule has 0 spiro atoms. The Kier molecular flexibility index (Phi) is 5.60. The van der Waals surface area contributed by atoms with Gasteiger partial charge in [-0.15, -0.1) is 11.3 Å². The first-order chi connectivity index (χ1) is 9.26. The number of nitrogens with zero attached hydrogens (tertiary/aromatic N) is 2. The van der Waals surface area contributed by atoms with Crippen LogP contribution in [0.15, 0.2) is 0 Å². The summed E-state index contributed by atoms with van der Waals surface area (Å²) in [6.45, 7) is 4.94. The fourth-order valence-corrected chi connectivity index (χ4v) is 3.80. The standard InChI is InChI=1S/C14H25N3OS/c1-11-7-5-4-6-8-17(11)14-16-12(10-18-3)13(19-14)9-15-2/h11,15H,4-10H2,1-3H3.